The van der Waals surface area contributed by atoms with E-state index in [2.05, 4.69) is 48.9 Å². The van der Waals surface area contributed by atoms with Crippen molar-refractivity contribution in [3.8, 4) is 5.75 Å². The predicted molar refractivity (Wildman–Crippen MR) is 116 cm³/mol. The minimum atomic E-state index is -0.229. The van der Waals surface area contributed by atoms with Crippen LogP contribution in [-0.2, 0) is 6.42 Å². The van der Waals surface area contributed by atoms with Crippen molar-refractivity contribution in [2.45, 2.75) is 26.2 Å². The van der Waals surface area contributed by atoms with Crippen molar-refractivity contribution >= 4 is 60.6 Å². The van der Waals surface area contributed by atoms with Crippen molar-refractivity contribution in [1.29, 1.82) is 0 Å². The van der Waals surface area contributed by atoms with E-state index in [1.54, 1.807) is 18.2 Å². The van der Waals surface area contributed by atoms with E-state index in [4.69, 9.17) is 11.6 Å². The van der Waals surface area contributed by atoms with Crippen LogP contribution < -0.4 is 5.56 Å². The van der Waals surface area contributed by atoms with Crippen molar-refractivity contribution in [3.63, 3.8) is 0 Å². The van der Waals surface area contributed by atoms with Gasteiger partial charge in [0.2, 0.25) is 0 Å². The first-order valence-electron chi connectivity index (χ1n) is 8.34. The Labute approximate surface area is 178 Å². The number of aromatic nitrogens is 2. The van der Waals surface area contributed by atoms with E-state index < -0.39 is 0 Å². The second-order valence-corrected chi connectivity index (χ2v) is 8.16. The van der Waals surface area contributed by atoms with Gasteiger partial charge in [-0.15, -0.1) is 0 Å². The molecule has 0 aliphatic carbocycles. The summed E-state index contributed by atoms with van der Waals surface area (Å²) < 4.78 is 2.59. The molecule has 3 rings (SSSR count). The van der Waals surface area contributed by atoms with Crippen LogP contribution in [0, 0.1) is 0 Å². The monoisotopic (exact) mass is 511 g/mol. The molecule has 0 saturated heterocycles. The standard InChI is InChI=1S/C19H16Br2ClN3O2/c1-2-3-4-17-24-16-6-5-12(20)9-13(16)19(27)25(17)23-10-11-7-14(21)18(26)15(22)8-11/h5-10,26H,2-4H2,1H3. The molecule has 1 N–H and O–H groups in total. The summed E-state index contributed by atoms with van der Waals surface area (Å²) in [6.45, 7) is 2.08. The molecule has 0 amide bonds. The quantitative estimate of drug-likeness (QED) is 0.458. The number of aromatic hydroxyl groups is 1. The first kappa shape index (κ1) is 20.0. The lowest BCUT2D eigenvalue weighted by Crippen LogP contribution is -2.22. The number of phenols is 1. The highest BCUT2D eigenvalue weighted by Crippen LogP contribution is 2.32. The van der Waals surface area contributed by atoms with E-state index in [9.17, 15) is 9.90 Å². The maximum atomic E-state index is 13.0. The number of benzene rings is 2. The van der Waals surface area contributed by atoms with Crippen LogP contribution >= 0.6 is 43.5 Å². The van der Waals surface area contributed by atoms with Gasteiger partial charge in [-0.3, -0.25) is 4.79 Å². The van der Waals surface area contributed by atoms with Gasteiger partial charge < -0.3 is 5.11 Å². The Kier molecular flexibility index (Phi) is 6.34. The predicted octanol–water partition coefficient (Wildman–Crippen LogP) is 5.51. The molecule has 0 spiro atoms. The van der Waals surface area contributed by atoms with Gasteiger partial charge in [0.1, 0.15) is 11.6 Å². The lowest BCUT2D eigenvalue weighted by atomic mass is 10.2. The molecular formula is C19H16Br2ClN3O2. The first-order valence-corrected chi connectivity index (χ1v) is 10.3. The Hall–Kier alpha value is -1.70. The van der Waals surface area contributed by atoms with Gasteiger partial charge in [-0.05, 0) is 58.2 Å². The summed E-state index contributed by atoms with van der Waals surface area (Å²) in [5.74, 6) is 0.573. The van der Waals surface area contributed by atoms with Crippen molar-refractivity contribution < 1.29 is 5.11 Å². The number of fused-ring (bicyclic) bond motifs is 1. The fraction of sp³-hybridized carbons (Fsp3) is 0.211. The Morgan fingerprint density at radius 1 is 1.30 bits per heavy atom. The number of aryl methyl sites for hydroxylation is 1. The van der Waals surface area contributed by atoms with E-state index in [0.29, 0.717) is 33.2 Å². The third-order valence-electron chi connectivity index (χ3n) is 3.99. The maximum absolute atomic E-state index is 13.0. The SMILES string of the molecule is CCCCc1nc2ccc(Br)cc2c(=O)n1N=Cc1cc(Cl)c(O)c(Br)c1. The summed E-state index contributed by atoms with van der Waals surface area (Å²) in [6.07, 6.45) is 4.06. The molecule has 27 heavy (non-hydrogen) atoms. The summed E-state index contributed by atoms with van der Waals surface area (Å²) in [5.41, 5.74) is 1.07. The van der Waals surface area contributed by atoms with Gasteiger partial charge in [0, 0.05) is 10.9 Å². The lowest BCUT2D eigenvalue weighted by Gasteiger charge is -2.09. The summed E-state index contributed by atoms with van der Waals surface area (Å²) in [4.78, 5) is 17.6. The van der Waals surface area contributed by atoms with Gasteiger partial charge >= 0.3 is 0 Å². The third-order valence-corrected chi connectivity index (χ3v) is 5.38. The van der Waals surface area contributed by atoms with Gasteiger partial charge in [-0.2, -0.15) is 9.78 Å². The van der Waals surface area contributed by atoms with Gasteiger partial charge in [0.15, 0.2) is 0 Å². The zero-order valence-electron chi connectivity index (χ0n) is 14.4. The van der Waals surface area contributed by atoms with Crippen LogP contribution in [0.15, 0.2) is 49.2 Å². The van der Waals surface area contributed by atoms with E-state index in [1.807, 2.05) is 12.1 Å². The van der Waals surface area contributed by atoms with E-state index >= 15 is 0 Å². The number of unbranched alkanes of at least 4 members (excludes halogenated alkanes) is 1. The van der Waals surface area contributed by atoms with Crippen LogP contribution in [0.1, 0.15) is 31.2 Å². The Morgan fingerprint density at radius 2 is 2.07 bits per heavy atom. The van der Waals surface area contributed by atoms with Gasteiger partial charge in [0.05, 0.1) is 26.6 Å². The van der Waals surface area contributed by atoms with Crippen LogP contribution in [0.25, 0.3) is 10.9 Å². The molecule has 0 aliphatic heterocycles. The summed E-state index contributed by atoms with van der Waals surface area (Å²) in [5, 5.41) is 14.8. The average molecular weight is 514 g/mol. The van der Waals surface area contributed by atoms with Crippen molar-refractivity contribution in [2.24, 2.45) is 5.10 Å². The third kappa shape index (κ3) is 4.42. The minimum absolute atomic E-state index is 0.0353. The fourth-order valence-electron chi connectivity index (χ4n) is 2.59. The molecule has 1 heterocycles. The summed E-state index contributed by atoms with van der Waals surface area (Å²) in [7, 11) is 0. The highest BCUT2D eigenvalue weighted by molar-refractivity contribution is 9.10. The highest BCUT2D eigenvalue weighted by atomic mass is 79.9. The fourth-order valence-corrected chi connectivity index (χ4v) is 3.78. The molecule has 0 fully saturated rings. The van der Waals surface area contributed by atoms with Gasteiger partial charge in [-0.25, -0.2) is 4.98 Å². The molecule has 0 radical (unpaired) electrons. The average Bonchev–Trinajstić information content (AvgIpc) is 2.64. The normalized spacial score (nSPS) is 11.6. The van der Waals surface area contributed by atoms with Crippen molar-refractivity contribution in [1.82, 2.24) is 9.66 Å². The highest BCUT2D eigenvalue weighted by Gasteiger charge is 2.11. The van der Waals surface area contributed by atoms with Crippen LogP contribution in [0.5, 0.6) is 5.75 Å². The zero-order valence-corrected chi connectivity index (χ0v) is 18.3. The van der Waals surface area contributed by atoms with Crippen LogP contribution in [-0.4, -0.2) is 21.0 Å². The van der Waals surface area contributed by atoms with Crippen molar-refractivity contribution in [3.05, 3.63) is 66.0 Å². The molecule has 0 atom stereocenters. The molecule has 0 unspecified atom stereocenters. The van der Waals surface area contributed by atoms with Gasteiger partial charge in [0.25, 0.3) is 5.56 Å². The van der Waals surface area contributed by atoms with Crippen molar-refractivity contribution in [2.75, 3.05) is 0 Å². The maximum Gasteiger partial charge on any atom is 0.282 e. The van der Waals surface area contributed by atoms with E-state index in [0.717, 1.165) is 17.3 Å². The number of hydrogen-bond donors (Lipinski definition) is 1. The lowest BCUT2D eigenvalue weighted by molar-refractivity contribution is 0.472. The van der Waals surface area contributed by atoms with Crippen LogP contribution in [0.2, 0.25) is 5.02 Å². The number of rotatable bonds is 5. The molecule has 0 saturated carbocycles. The van der Waals surface area contributed by atoms with Gasteiger partial charge in [-0.1, -0.05) is 40.9 Å². The first-order chi connectivity index (χ1) is 12.9. The zero-order chi connectivity index (χ0) is 19.6. The smallest absolute Gasteiger partial charge is 0.282 e. The molecule has 140 valence electrons. The second kappa shape index (κ2) is 8.54. The molecule has 0 bridgehead atoms. The number of halogens is 3. The second-order valence-electron chi connectivity index (χ2n) is 5.99. The topological polar surface area (TPSA) is 67.5 Å². The minimum Gasteiger partial charge on any atom is -0.505 e. The van der Waals surface area contributed by atoms with Crippen LogP contribution in [0.3, 0.4) is 0 Å². The molecule has 5 nitrogen and oxygen atoms in total. The Balaban J connectivity index is 2.13. The summed E-state index contributed by atoms with van der Waals surface area (Å²) >= 11 is 12.6. The molecule has 2 aromatic carbocycles. The number of hydrogen-bond acceptors (Lipinski definition) is 4. The Morgan fingerprint density at radius 3 is 2.78 bits per heavy atom. The van der Waals surface area contributed by atoms with E-state index in [-0.39, 0.29) is 16.3 Å². The molecule has 3 aromatic rings. The van der Waals surface area contributed by atoms with E-state index in [1.165, 1.54) is 10.9 Å². The molecule has 0 aliphatic rings. The molecule has 8 heteroatoms. The number of phenolic OH excluding ortho intramolecular Hbond substituents is 1. The Bertz CT molecular complexity index is 1070. The molecule has 1 aromatic heterocycles. The largest absolute Gasteiger partial charge is 0.505 e. The van der Waals surface area contributed by atoms with Crippen LogP contribution in [0.4, 0.5) is 0 Å². The summed E-state index contributed by atoms with van der Waals surface area (Å²) in [6, 6.07) is 8.68. The molecular weight excluding hydrogens is 497 g/mol. The number of nitrogens with zero attached hydrogens (tertiary/aromatic N) is 3.